The topological polar surface area (TPSA) is 89.5 Å². The Morgan fingerprint density at radius 1 is 1.00 bits per heavy atom. The van der Waals surface area contributed by atoms with Gasteiger partial charge in [0.1, 0.15) is 18.1 Å². The summed E-state index contributed by atoms with van der Waals surface area (Å²) in [4.78, 5) is 16.5. The van der Waals surface area contributed by atoms with Crippen LogP contribution >= 0.6 is 0 Å². The first-order valence-corrected chi connectivity index (χ1v) is 17.1. The van der Waals surface area contributed by atoms with Crippen molar-refractivity contribution in [1.29, 1.82) is 0 Å². The molecule has 4 unspecified atom stereocenters. The molecule has 2 aliphatic rings. The standard InChI is InChI=1S/C41H46N2O6/c1-5-27(3)48-35-16-12-28(13-17-35)20-33(25-44)42-41(45)37-21-31-22-38-39(49-40(26-47-38)30-14-18-34(46-4)19-15-30)23-32(31)24-43(37)36(6-2)29-10-8-7-9-11-29/h5,7-19,22-23,33,36-37,40,44H,6,20-21,24-26H2,1-4H3,(H,42,45). The molecule has 0 radical (unpaired) electrons. The number of ether oxygens (including phenoxy) is 4. The van der Waals surface area contributed by atoms with Gasteiger partial charge < -0.3 is 29.4 Å². The lowest BCUT2D eigenvalue weighted by atomic mass is 9.89. The molecule has 0 saturated heterocycles. The van der Waals surface area contributed by atoms with Crippen molar-refractivity contribution in [2.45, 2.75) is 70.8 Å². The number of amides is 1. The zero-order chi connectivity index (χ0) is 34.3. The van der Waals surface area contributed by atoms with Crippen molar-refractivity contribution in [3.05, 3.63) is 131 Å². The summed E-state index contributed by atoms with van der Waals surface area (Å²) in [7, 11) is 1.65. The minimum absolute atomic E-state index is 0.0195. The van der Waals surface area contributed by atoms with Gasteiger partial charge in [0.25, 0.3) is 0 Å². The van der Waals surface area contributed by atoms with Crippen LogP contribution in [0.1, 0.15) is 67.2 Å². The van der Waals surface area contributed by atoms with Crippen LogP contribution in [0.2, 0.25) is 0 Å². The molecule has 2 N–H and O–H groups in total. The van der Waals surface area contributed by atoms with Crippen LogP contribution in [0.4, 0.5) is 0 Å². The molecule has 0 aliphatic carbocycles. The van der Waals surface area contributed by atoms with Crippen molar-refractivity contribution in [3.63, 3.8) is 0 Å². The minimum atomic E-state index is -0.444. The second kappa shape index (κ2) is 15.6. The van der Waals surface area contributed by atoms with Crippen LogP contribution < -0.4 is 24.3 Å². The number of hydrogen-bond donors (Lipinski definition) is 2. The van der Waals surface area contributed by atoms with Crippen molar-refractivity contribution >= 4 is 5.91 Å². The van der Waals surface area contributed by atoms with Crippen LogP contribution in [0.3, 0.4) is 0 Å². The van der Waals surface area contributed by atoms with Gasteiger partial charge in [-0.15, -0.1) is 0 Å². The second-order valence-corrected chi connectivity index (χ2v) is 12.7. The second-order valence-electron chi connectivity index (χ2n) is 12.7. The molecule has 256 valence electrons. The highest BCUT2D eigenvalue weighted by atomic mass is 16.6. The van der Waals surface area contributed by atoms with Crippen molar-refractivity contribution in [2.75, 3.05) is 20.3 Å². The van der Waals surface area contributed by atoms with Crippen LogP contribution in [-0.4, -0.2) is 48.3 Å². The number of hydrogen-bond acceptors (Lipinski definition) is 7. The zero-order valence-corrected chi connectivity index (χ0v) is 28.7. The van der Waals surface area contributed by atoms with Gasteiger partial charge in [0.15, 0.2) is 17.6 Å². The molecule has 4 atom stereocenters. The van der Waals surface area contributed by atoms with Gasteiger partial charge in [-0.1, -0.05) is 61.5 Å². The predicted molar refractivity (Wildman–Crippen MR) is 190 cm³/mol. The maximum Gasteiger partial charge on any atom is 0.238 e. The molecule has 4 aromatic carbocycles. The fourth-order valence-corrected chi connectivity index (χ4v) is 6.74. The lowest BCUT2D eigenvalue weighted by molar-refractivity contribution is -0.129. The lowest BCUT2D eigenvalue weighted by Crippen LogP contribution is -2.54. The molecule has 6 rings (SSSR count). The smallest absolute Gasteiger partial charge is 0.238 e. The zero-order valence-electron chi connectivity index (χ0n) is 28.7. The summed E-state index contributed by atoms with van der Waals surface area (Å²) >= 11 is 0. The average Bonchev–Trinajstić information content (AvgIpc) is 3.14. The van der Waals surface area contributed by atoms with E-state index in [1.807, 2.05) is 92.7 Å². The van der Waals surface area contributed by atoms with Gasteiger partial charge in [0, 0.05) is 12.6 Å². The summed E-state index contributed by atoms with van der Waals surface area (Å²) in [5, 5.41) is 13.6. The summed E-state index contributed by atoms with van der Waals surface area (Å²) in [5.41, 5.74) is 5.37. The molecular formula is C41H46N2O6. The van der Waals surface area contributed by atoms with Gasteiger partial charge >= 0.3 is 0 Å². The first-order valence-electron chi connectivity index (χ1n) is 17.1. The van der Waals surface area contributed by atoms with Crippen LogP contribution in [0.5, 0.6) is 23.0 Å². The molecule has 2 heterocycles. The van der Waals surface area contributed by atoms with E-state index < -0.39 is 12.1 Å². The lowest BCUT2D eigenvalue weighted by Gasteiger charge is -2.42. The number of rotatable bonds is 12. The summed E-state index contributed by atoms with van der Waals surface area (Å²) in [6, 6.07) is 29.3. The summed E-state index contributed by atoms with van der Waals surface area (Å²) < 4.78 is 23.8. The van der Waals surface area contributed by atoms with E-state index in [9.17, 15) is 9.90 Å². The number of carbonyl (C=O) groups is 1. The Morgan fingerprint density at radius 3 is 2.39 bits per heavy atom. The van der Waals surface area contributed by atoms with Gasteiger partial charge in [0.05, 0.1) is 31.6 Å². The highest BCUT2D eigenvalue weighted by molar-refractivity contribution is 5.83. The Labute approximate surface area is 289 Å². The highest BCUT2D eigenvalue weighted by Crippen LogP contribution is 2.42. The minimum Gasteiger partial charge on any atom is -0.497 e. The van der Waals surface area contributed by atoms with E-state index in [1.54, 1.807) is 7.11 Å². The molecule has 0 aromatic heterocycles. The molecule has 4 aromatic rings. The summed E-state index contributed by atoms with van der Waals surface area (Å²) in [5.74, 6) is 3.67. The number of allylic oxidation sites excluding steroid dienone is 2. The number of nitrogens with zero attached hydrogens (tertiary/aromatic N) is 1. The van der Waals surface area contributed by atoms with Crippen molar-refractivity contribution in [1.82, 2.24) is 10.2 Å². The van der Waals surface area contributed by atoms with Gasteiger partial charge in [0.2, 0.25) is 5.91 Å². The van der Waals surface area contributed by atoms with E-state index in [-0.39, 0.29) is 24.7 Å². The van der Waals surface area contributed by atoms with Crippen molar-refractivity contribution in [2.24, 2.45) is 0 Å². The fourth-order valence-electron chi connectivity index (χ4n) is 6.74. The molecule has 8 heteroatoms. The van der Waals surface area contributed by atoms with Gasteiger partial charge in [-0.05, 0) is 103 Å². The van der Waals surface area contributed by atoms with Gasteiger partial charge in [-0.3, -0.25) is 9.69 Å². The van der Waals surface area contributed by atoms with Crippen LogP contribution in [-0.2, 0) is 24.2 Å². The van der Waals surface area contributed by atoms with Crippen LogP contribution in [0.15, 0.2) is 103 Å². The Balaban J connectivity index is 1.23. The SMILES string of the molecule is CC=C(C)Oc1ccc(CC(CO)NC(=O)C2Cc3cc4c(cc3CN2C(CC)c2ccccc2)OC(c2ccc(OC)cc2)CO4)cc1. The molecule has 8 nitrogen and oxygen atoms in total. The molecule has 49 heavy (non-hydrogen) atoms. The molecular weight excluding hydrogens is 616 g/mol. The van der Waals surface area contributed by atoms with Crippen LogP contribution in [0, 0.1) is 0 Å². The summed E-state index contributed by atoms with van der Waals surface area (Å²) in [6.45, 7) is 6.79. The number of nitrogens with one attached hydrogen (secondary N) is 1. The third-order valence-corrected chi connectivity index (χ3v) is 9.51. The molecule has 0 saturated carbocycles. The quantitative estimate of drug-likeness (QED) is 0.156. The van der Waals surface area contributed by atoms with Crippen molar-refractivity contribution < 1.29 is 28.8 Å². The number of aliphatic hydroxyl groups is 1. The van der Waals surface area contributed by atoms with E-state index in [0.29, 0.717) is 37.5 Å². The van der Waals surface area contributed by atoms with Crippen LogP contribution in [0.25, 0.3) is 0 Å². The maximum absolute atomic E-state index is 14.2. The van der Waals surface area contributed by atoms with E-state index in [4.69, 9.17) is 18.9 Å². The Bertz CT molecular complexity index is 1740. The Hall–Kier alpha value is -4.79. The van der Waals surface area contributed by atoms with E-state index >= 15 is 0 Å². The van der Waals surface area contributed by atoms with E-state index in [1.165, 1.54) is 0 Å². The molecule has 0 bridgehead atoms. The number of benzene rings is 4. The number of carbonyl (C=O) groups excluding carboxylic acids is 1. The number of fused-ring (bicyclic) bond motifs is 2. The van der Waals surface area contributed by atoms with Crippen molar-refractivity contribution in [3.8, 4) is 23.0 Å². The molecule has 1 amide bonds. The largest absolute Gasteiger partial charge is 0.497 e. The molecule has 0 spiro atoms. The average molecular weight is 663 g/mol. The predicted octanol–water partition coefficient (Wildman–Crippen LogP) is 7.11. The highest BCUT2D eigenvalue weighted by Gasteiger charge is 2.38. The van der Waals surface area contributed by atoms with Gasteiger partial charge in [-0.25, -0.2) is 0 Å². The monoisotopic (exact) mass is 662 g/mol. The van der Waals surface area contributed by atoms with Gasteiger partial charge in [-0.2, -0.15) is 0 Å². The first-order chi connectivity index (χ1) is 23.9. The first kappa shape index (κ1) is 34.1. The maximum atomic E-state index is 14.2. The Kier molecular flexibility index (Phi) is 10.9. The summed E-state index contributed by atoms with van der Waals surface area (Å²) in [6.07, 6.45) is 3.51. The number of methoxy groups -OCH3 is 1. The Morgan fingerprint density at radius 2 is 1.71 bits per heavy atom. The third kappa shape index (κ3) is 7.93. The van der Waals surface area contributed by atoms with E-state index in [0.717, 1.165) is 51.5 Å². The molecule has 0 fully saturated rings. The fraction of sp³-hybridized carbons (Fsp3) is 0.341. The third-order valence-electron chi connectivity index (χ3n) is 9.51. The number of aliphatic hydroxyl groups excluding tert-OH is 1. The van der Waals surface area contributed by atoms with E-state index in [2.05, 4.69) is 35.3 Å². The normalized spacial score (nSPS) is 18.6. The molecule has 2 aliphatic heterocycles.